The van der Waals surface area contributed by atoms with Crippen LogP contribution in [-0.2, 0) is 6.42 Å². The molecule has 1 aliphatic carbocycles. The van der Waals surface area contributed by atoms with Gasteiger partial charge in [0.2, 0.25) is 0 Å². The summed E-state index contributed by atoms with van der Waals surface area (Å²) < 4.78 is 0. The largest absolute Gasteiger partial charge is 0.349 e. The molecule has 1 aromatic rings. The number of nitrogens with two attached hydrogens (primary N) is 1. The molecule has 104 valence electrons. The number of carbonyl (C=O) groups excluding carboxylic acids is 1. The number of nitrogens with one attached hydrogen (secondary N) is 2. The summed E-state index contributed by atoms with van der Waals surface area (Å²) in [6, 6.07) is 3.88. The molecular formula is C14H22N4O. The minimum absolute atomic E-state index is 0.0304. The van der Waals surface area contributed by atoms with Gasteiger partial charge in [0.1, 0.15) is 5.82 Å². The van der Waals surface area contributed by atoms with Gasteiger partial charge >= 0.3 is 0 Å². The highest BCUT2D eigenvalue weighted by atomic mass is 16.1. The minimum Gasteiger partial charge on any atom is -0.349 e. The number of carbonyl (C=O) groups is 1. The molecule has 0 aromatic carbocycles. The number of rotatable bonds is 6. The third kappa shape index (κ3) is 3.44. The van der Waals surface area contributed by atoms with E-state index in [1.165, 1.54) is 0 Å². The lowest BCUT2D eigenvalue weighted by atomic mass is 10.1. The van der Waals surface area contributed by atoms with Crippen molar-refractivity contribution in [2.24, 2.45) is 11.8 Å². The predicted molar refractivity (Wildman–Crippen MR) is 75.7 cm³/mol. The van der Waals surface area contributed by atoms with Gasteiger partial charge in [-0.1, -0.05) is 26.7 Å². The van der Waals surface area contributed by atoms with Gasteiger partial charge in [-0.15, -0.1) is 0 Å². The molecule has 0 saturated heterocycles. The number of amides is 1. The molecule has 1 aromatic heterocycles. The number of nitrogens with zero attached hydrogens (tertiary/aromatic N) is 1. The molecule has 1 heterocycles. The van der Waals surface area contributed by atoms with Gasteiger partial charge in [0, 0.05) is 17.3 Å². The molecule has 1 amide bonds. The van der Waals surface area contributed by atoms with E-state index in [0.717, 1.165) is 31.4 Å². The Morgan fingerprint density at radius 3 is 2.84 bits per heavy atom. The van der Waals surface area contributed by atoms with Gasteiger partial charge in [-0.3, -0.25) is 4.79 Å². The smallest absolute Gasteiger partial charge is 0.251 e. The lowest BCUT2D eigenvalue weighted by Gasteiger charge is -2.09. The Labute approximate surface area is 114 Å². The van der Waals surface area contributed by atoms with Crippen molar-refractivity contribution in [3.63, 3.8) is 0 Å². The van der Waals surface area contributed by atoms with Crippen LogP contribution in [0.1, 0.15) is 49.2 Å². The first-order valence-corrected chi connectivity index (χ1v) is 6.96. The highest BCUT2D eigenvalue weighted by Gasteiger charge is 2.36. The topological polar surface area (TPSA) is 80.0 Å². The molecule has 0 bridgehead atoms. The Morgan fingerprint density at radius 1 is 1.47 bits per heavy atom. The van der Waals surface area contributed by atoms with Crippen LogP contribution >= 0.6 is 0 Å². The Hall–Kier alpha value is -1.62. The van der Waals surface area contributed by atoms with Gasteiger partial charge < -0.3 is 10.7 Å². The first-order valence-electron chi connectivity index (χ1n) is 6.96. The molecule has 0 aliphatic heterocycles. The molecule has 1 saturated carbocycles. The van der Waals surface area contributed by atoms with E-state index in [2.05, 4.69) is 29.6 Å². The van der Waals surface area contributed by atoms with E-state index in [1.807, 2.05) is 6.07 Å². The zero-order chi connectivity index (χ0) is 13.8. The van der Waals surface area contributed by atoms with Crippen LogP contribution in [-0.4, -0.2) is 16.9 Å². The molecule has 0 spiro atoms. The Kier molecular flexibility index (Phi) is 4.37. The van der Waals surface area contributed by atoms with Crippen molar-refractivity contribution in [2.45, 2.75) is 45.6 Å². The molecule has 19 heavy (non-hydrogen) atoms. The van der Waals surface area contributed by atoms with Gasteiger partial charge in [0.25, 0.3) is 5.91 Å². The summed E-state index contributed by atoms with van der Waals surface area (Å²) in [5, 5.41) is 3.06. The molecule has 1 fully saturated rings. The number of hydrogen-bond donors (Lipinski definition) is 3. The first-order chi connectivity index (χ1) is 9.17. The molecule has 2 unspecified atom stereocenters. The highest BCUT2D eigenvalue weighted by Crippen LogP contribution is 2.33. The van der Waals surface area contributed by atoms with E-state index in [-0.39, 0.29) is 5.91 Å². The second-order valence-corrected chi connectivity index (χ2v) is 5.11. The Balaban J connectivity index is 2.09. The third-order valence-corrected chi connectivity index (χ3v) is 3.56. The summed E-state index contributed by atoms with van der Waals surface area (Å²) in [6.45, 7) is 4.24. The van der Waals surface area contributed by atoms with E-state index < -0.39 is 0 Å². The van der Waals surface area contributed by atoms with Crippen molar-refractivity contribution in [3.8, 4) is 0 Å². The van der Waals surface area contributed by atoms with Gasteiger partial charge in [0.05, 0.1) is 0 Å². The Morgan fingerprint density at radius 2 is 2.26 bits per heavy atom. The van der Waals surface area contributed by atoms with E-state index in [0.29, 0.717) is 23.3 Å². The van der Waals surface area contributed by atoms with Crippen LogP contribution in [0.15, 0.2) is 12.1 Å². The maximum atomic E-state index is 12.2. The number of hydrazine groups is 1. The summed E-state index contributed by atoms with van der Waals surface area (Å²) in [5.41, 5.74) is 4.05. The standard InChI is InChI=1S/C14H22N4O/c1-3-5-11-6-10(8-13(16-11)18-15)14(19)17-12-7-9(12)4-2/h6,8-9,12H,3-5,7,15H2,1-2H3,(H,16,18)(H,17,19). The molecule has 1 aliphatic rings. The first kappa shape index (κ1) is 13.8. The predicted octanol–water partition coefficient (Wildman–Crippen LogP) is 1.85. The van der Waals surface area contributed by atoms with E-state index in [4.69, 9.17) is 5.84 Å². The average molecular weight is 262 g/mol. The minimum atomic E-state index is -0.0304. The summed E-state index contributed by atoms with van der Waals surface area (Å²) in [4.78, 5) is 16.5. The Bertz CT molecular complexity index is 461. The maximum absolute atomic E-state index is 12.2. The molecule has 4 N–H and O–H groups in total. The average Bonchev–Trinajstić information content (AvgIpc) is 3.17. The fourth-order valence-electron chi connectivity index (χ4n) is 2.30. The number of aryl methyl sites for hydroxylation is 1. The normalized spacial score (nSPS) is 21.0. The number of nitrogen functional groups attached to an aromatic ring is 1. The zero-order valence-corrected chi connectivity index (χ0v) is 11.6. The summed E-state index contributed by atoms with van der Waals surface area (Å²) in [6.07, 6.45) is 4.05. The van der Waals surface area contributed by atoms with Gasteiger partial charge in [0.15, 0.2) is 0 Å². The van der Waals surface area contributed by atoms with Gasteiger partial charge in [-0.25, -0.2) is 10.8 Å². The lowest BCUT2D eigenvalue weighted by Crippen LogP contribution is -2.27. The van der Waals surface area contributed by atoms with Crippen molar-refractivity contribution in [3.05, 3.63) is 23.4 Å². The second kappa shape index (κ2) is 6.02. The van der Waals surface area contributed by atoms with Gasteiger partial charge in [-0.05, 0) is 30.9 Å². The van der Waals surface area contributed by atoms with Gasteiger partial charge in [-0.2, -0.15) is 0 Å². The SMILES string of the molecule is CCCc1cc(C(=O)NC2CC2CC)cc(NN)n1. The molecule has 5 heteroatoms. The van der Waals surface area contributed by atoms with Crippen molar-refractivity contribution in [1.29, 1.82) is 0 Å². The monoisotopic (exact) mass is 262 g/mol. The molecule has 2 atom stereocenters. The third-order valence-electron chi connectivity index (χ3n) is 3.56. The number of pyridine rings is 1. The van der Waals surface area contributed by atoms with Crippen molar-refractivity contribution in [1.82, 2.24) is 10.3 Å². The van der Waals surface area contributed by atoms with Crippen molar-refractivity contribution in [2.75, 3.05) is 5.43 Å². The number of anilines is 1. The maximum Gasteiger partial charge on any atom is 0.251 e. The quantitative estimate of drug-likeness (QED) is 0.540. The lowest BCUT2D eigenvalue weighted by molar-refractivity contribution is 0.0949. The summed E-state index contributed by atoms with van der Waals surface area (Å²) in [7, 11) is 0. The van der Waals surface area contributed by atoms with Crippen LogP contribution < -0.4 is 16.6 Å². The fraction of sp³-hybridized carbons (Fsp3) is 0.571. The van der Waals surface area contributed by atoms with Crippen LogP contribution in [0.25, 0.3) is 0 Å². The van der Waals surface area contributed by atoms with Crippen molar-refractivity contribution < 1.29 is 4.79 Å². The van der Waals surface area contributed by atoms with Crippen LogP contribution in [0.3, 0.4) is 0 Å². The highest BCUT2D eigenvalue weighted by molar-refractivity contribution is 5.95. The number of hydrogen-bond acceptors (Lipinski definition) is 4. The molecule has 5 nitrogen and oxygen atoms in total. The second-order valence-electron chi connectivity index (χ2n) is 5.11. The summed E-state index contributed by atoms with van der Waals surface area (Å²) in [5.74, 6) is 6.55. The van der Waals surface area contributed by atoms with E-state index in [9.17, 15) is 4.79 Å². The fourth-order valence-corrected chi connectivity index (χ4v) is 2.30. The van der Waals surface area contributed by atoms with Crippen LogP contribution in [0.4, 0.5) is 5.82 Å². The number of aromatic nitrogens is 1. The molecule has 0 radical (unpaired) electrons. The van der Waals surface area contributed by atoms with Crippen LogP contribution in [0, 0.1) is 5.92 Å². The van der Waals surface area contributed by atoms with E-state index in [1.54, 1.807) is 6.07 Å². The van der Waals surface area contributed by atoms with Crippen LogP contribution in [0.5, 0.6) is 0 Å². The molecular weight excluding hydrogens is 240 g/mol. The van der Waals surface area contributed by atoms with Crippen molar-refractivity contribution >= 4 is 11.7 Å². The molecule has 2 rings (SSSR count). The summed E-state index contributed by atoms with van der Waals surface area (Å²) >= 11 is 0. The van der Waals surface area contributed by atoms with Crippen LogP contribution in [0.2, 0.25) is 0 Å². The zero-order valence-electron chi connectivity index (χ0n) is 11.6. The van der Waals surface area contributed by atoms with E-state index >= 15 is 0 Å².